The molecule has 1 aromatic heterocycles. The second-order valence-electron chi connectivity index (χ2n) is 4.51. The van der Waals surface area contributed by atoms with Crippen LogP contribution in [0.2, 0.25) is 0 Å². The first-order chi connectivity index (χ1) is 8.26. The first kappa shape index (κ1) is 12.9. The Morgan fingerprint density at radius 3 is 3.06 bits per heavy atom. The van der Waals surface area contributed by atoms with Crippen LogP contribution >= 0.6 is 27.3 Å². The van der Waals surface area contributed by atoms with Gasteiger partial charge >= 0.3 is 0 Å². The monoisotopic (exact) mass is 312 g/mol. The summed E-state index contributed by atoms with van der Waals surface area (Å²) in [5.41, 5.74) is 0. The zero-order valence-corrected chi connectivity index (χ0v) is 12.5. The molecule has 2 nitrogen and oxygen atoms in total. The molecule has 0 amide bonds. The number of piperidine rings is 1. The normalized spacial score (nSPS) is 20.3. The molecule has 1 aliphatic rings. The molecule has 4 heteroatoms. The van der Waals surface area contributed by atoms with E-state index in [-0.39, 0.29) is 0 Å². The molecule has 1 fully saturated rings. The fourth-order valence-corrected chi connectivity index (χ4v) is 4.14. The third-order valence-electron chi connectivity index (χ3n) is 3.31. The number of thiophene rings is 1. The summed E-state index contributed by atoms with van der Waals surface area (Å²) in [5.74, 6) is 0. The number of nitrogens with zero attached hydrogens (tertiary/aromatic N) is 2. The van der Waals surface area contributed by atoms with Crippen LogP contribution in [0.4, 0.5) is 5.00 Å². The van der Waals surface area contributed by atoms with Crippen molar-refractivity contribution < 1.29 is 0 Å². The van der Waals surface area contributed by atoms with E-state index in [2.05, 4.69) is 39.9 Å². The molecule has 92 valence electrons. The summed E-state index contributed by atoms with van der Waals surface area (Å²) in [6, 6.07) is 5.03. The summed E-state index contributed by atoms with van der Waals surface area (Å²) in [4.78, 5) is 3.30. The Bertz CT molecular complexity index is 420. The number of anilines is 1. The van der Waals surface area contributed by atoms with E-state index in [0.29, 0.717) is 6.04 Å². The molecule has 0 aromatic carbocycles. The van der Waals surface area contributed by atoms with E-state index in [9.17, 15) is 0 Å². The Morgan fingerprint density at radius 1 is 1.59 bits per heavy atom. The Labute approximate surface area is 115 Å². The van der Waals surface area contributed by atoms with E-state index in [1.807, 2.05) is 0 Å². The van der Waals surface area contributed by atoms with Gasteiger partial charge in [-0.05, 0) is 47.7 Å². The van der Waals surface area contributed by atoms with Crippen LogP contribution in [0.15, 0.2) is 10.5 Å². The summed E-state index contributed by atoms with van der Waals surface area (Å²) in [5, 5.41) is 10.3. The molecule has 1 unspecified atom stereocenters. The highest BCUT2D eigenvalue weighted by Gasteiger charge is 2.23. The zero-order chi connectivity index (χ0) is 12.3. The van der Waals surface area contributed by atoms with Gasteiger partial charge in [0.05, 0.1) is 5.00 Å². The van der Waals surface area contributed by atoms with Crippen molar-refractivity contribution in [3.63, 3.8) is 0 Å². The van der Waals surface area contributed by atoms with Crippen LogP contribution in [0.5, 0.6) is 0 Å². The van der Waals surface area contributed by atoms with Crippen LogP contribution in [-0.2, 0) is 0 Å². The lowest BCUT2D eigenvalue weighted by molar-refractivity contribution is 0.437. The van der Waals surface area contributed by atoms with Crippen LogP contribution in [0.1, 0.15) is 43.9 Å². The van der Waals surface area contributed by atoms with Crippen molar-refractivity contribution in [3.8, 4) is 6.07 Å². The lowest BCUT2D eigenvalue weighted by Gasteiger charge is -2.36. The Hall–Kier alpha value is -0.530. The standard InChI is InChI=1S/C13H17BrN2S/c1-2-5-10-6-3-4-7-16(10)13-8-11(14)12(9-15)17-13/h8,10H,2-7H2,1H3. The second-order valence-corrected chi connectivity index (χ2v) is 6.39. The molecular formula is C13H17BrN2S. The maximum Gasteiger partial charge on any atom is 0.121 e. The van der Waals surface area contributed by atoms with Gasteiger partial charge in [-0.1, -0.05) is 13.3 Å². The Kier molecular flexibility index (Phi) is 4.47. The molecule has 0 spiro atoms. The Balaban J connectivity index is 2.20. The van der Waals surface area contributed by atoms with Crippen molar-refractivity contribution >= 4 is 32.3 Å². The number of rotatable bonds is 3. The molecular weight excluding hydrogens is 296 g/mol. The third-order valence-corrected chi connectivity index (χ3v) is 5.27. The van der Waals surface area contributed by atoms with Gasteiger partial charge in [0.1, 0.15) is 10.9 Å². The van der Waals surface area contributed by atoms with E-state index in [0.717, 1.165) is 15.9 Å². The van der Waals surface area contributed by atoms with E-state index < -0.39 is 0 Å². The van der Waals surface area contributed by atoms with Gasteiger partial charge in [0.2, 0.25) is 0 Å². The summed E-state index contributed by atoms with van der Waals surface area (Å²) in [7, 11) is 0. The van der Waals surface area contributed by atoms with Gasteiger partial charge in [-0.3, -0.25) is 0 Å². The molecule has 1 aliphatic heterocycles. The quantitative estimate of drug-likeness (QED) is 0.819. The molecule has 1 aromatic rings. The lowest BCUT2D eigenvalue weighted by atomic mass is 9.99. The highest BCUT2D eigenvalue weighted by molar-refractivity contribution is 9.10. The highest BCUT2D eigenvalue weighted by atomic mass is 79.9. The van der Waals surface area contributed by atoms with E-state index in [4.69, 9.17) is 5.26 Å². The van der Waals surface area contributed by atoms with Gasteiger partial charge in [-0.25, -0.2) is 0 Å². The average molecular weight is 313 g/mol. The summed E-state index contributed by atoms with van der Waals surface area (Å²) in [6.45, 7) is 3.39. The zero-order valence-electron chi connectivity index (χ0n) is 10.1. The number of hydrogen-bond donors (Lipinski definition) is 0. The smallest absolute Gasteiger partial charge is 0.121 e. The van der Waals surface area contributed by atoms with Crippen LogP contribution in [-0.4, -0.2) is 12.6 Å². The van der Waals surface area contributed by atoms with Crippen LogP contribution in [0.3, 0.4) is 0 Å². The highest BCUT2D eigenvalue weighted by Crippen LogP contribution is 2.37. The molecule has 1 atom stereocenters. The minimum atomic E-state index is 0.672. The summed E-state index contributed by atoms with van der Waals surface area (Å²) >= 11 is 5.08. The van der Waals surface area contributed by atoms with E-state index in [1.165, 1.54) is 37.1 Å². The molecule has 17 heavy (non-hydrogen) atoms. The molecule has 0 aliphatic carbocycles. The largest absolute Gasteiger partial charge is 0.360 e. The summed E-state index contributed by atoms with van der Waals surface area (Å²) < 4.78 is 0.945. The van der Waals surface area contributed by atoms with Gasteiger partial charge in [-0.15, -0.1) is 11.3 Å². The molecule has 0 radical (unpaired) electrons. The van der Waals surface area contributed by atoms with Crippen LogP contribution < -0.4 is 4.90 Å². The van der Waals surface area contributed by atoms with Crippen LogP contribution in [0.25, 0.3) is 0 Å². The molecule has 0 saturated carbocycles. The molecule has 2 rings (SSSR count). The maximum atomic E-state index is 9.01. The van der Waals surface area contributed by atoms with Crippen molar-refractivity contribution in [3.05, 3.63) is 15.4 Å². The molecule has 2 heterocycles. The number of hydrogen-bond acceptors (Lipinski definition) is 3. The van der Waals surface area contributed by atoms with Gasteiger partial charge in [0, 0.05) is 17.1 Å². The SMILES string of the molecule is CCCC1CCCCN1c1cc(Br)c(C#N)s1. The van der Waals surface area contributed by atoms with Gasteiger partial charge in [0.25, 0.3) is 0 Å². The molecule has 0 bridgehead atoms. The van der Waals surface area contributed by atoms with Crippen molar-refractivity contribution in [1.29, 1.82) is 5.26 Å². The fraction of sp³-hybridized carbons (Fsp3) is 0.615. The molecule has 1 saturated heterocycles. The molecule has 0 N–H and O–H groups in total. The maximum absolute atomic E-state index is 9.01. The minimum Gasteiger partial charge on any atom is -0.360 e. The second kappa shape index (κ2) is 5.88. The van der Waals surface area contributed by atoms with E-state index >= 15 is 0 Å². The lowest BCUT2D eigenvalue weighted by Crippen LogP contribution is -2.38. The van der Waals surface area contributed by atoms with Crippen molar-refractivity contribution in [2.45, 2.75) is 45.1 Å². The van der Waals surface area contributed by atoms with Gasteiger partial charge in [0.15, 0.2) is 0 Å². The minimum absolute atomic E-state index is 0.672. The average Bonchev–Trinajstić information content (AvgIpc) is 2.71. The van der Waals surface area contributed by atoms with Crippen LogP contribution in [0, 0.1) is 11.3 Å². The fourth-order valence-electron chi connectivity index (χ4n) is 2.50. The predicted molar refractivity (Wildman–Crippen MR) is 76.6 cm³/mol. The third kappa shape index (κ3) is 2.83. The van der Waals surface area contributed by atoms with Crippen molar-refractivity contribution in [2.75, 3.05) is 11.4 Å². The number of halogens is 1. The van der Waals surface area contributed by atoms with Gasteiger partial charge in [-0.2, -0.15) is 5.26 Å². The first-order valence-electron chi connectivity index (χ1n) is 6.22. The first-order valence-corrected chi connectivity index (χ1v) is 7.83. The summed E-state index contributed by atoms with van der Waals surface area (Å²) in [6.07, 6.45) is 6.41. The van der Waals surface area contributed by atoms with E-state index in [1.54, 1.807) is 11.3 Å². The number of nitriles is 1. The van der Waals surface area contributed by atoms with Crippen molar-refractivity contribution in [2.24, 2.45) is 0 Å². The van der Waals surface area contributed by atoms with Gasteiger partial charge < -0.3 is 4.90 Å². The van der Waals surface area contributed by atoms with Crippen molar-refractivity contribution in [1.82, 2.24) is 0 Å². The topological polar surface area (TPSA) is 27.0 Å². The predicted octanol–water partition coefficient (Wildman–Crippen LogP) is 4.54. The Morgan fingerprint density at radius 2 is 2.41 bits per heavy atom.